The van der Waals surface area contributed by atoms with E-state index in [2.05, 4.69) is 14.7 Å². The van der Waals surface area contributed by atoms with Gasteiger partial charge in [0, 0.05) is 29.2 Å². The lowest BCUT2D eigenvalue weighted by Crippen LogP contribution is -2.28. The van der Waals surface area contributed by atoms with Crippen LogP contribution in [0, 0.1) is 0 Å². The molecule has 1 aliphatic rings. The molecule has 2 aromatic heterocycles. The molecule has 3 atom stereocenters. The molecule has 3 heterocycles. The van der Waals surface area contributed by atoms with E-state index in [4.69, 9.17) is 4.11 Å². The van der Waals surface area contributed by atoms with Gasteiger partial charge in [0.15, 0.2) is 5.03 Å². The molecule has 0 saturated heterocycles. The summed E-state index contributed by atoms with van der Waals surface area (Å²) >= 11 is 0. The summed E-state index contributed by atoms with van der Waals surface area (Å²) in [6.07, 6.45) is -7.01. The van der Waals surface area contributed by atoms with Gasteiger partial charge in [-0.15, -0.1) is 0 Å². The standard InChI is InChI=1S/C26H27F3N4O3S/c1-18(34)8-7-17-33-16-5-4-10-19-9-2-3-11-20(19)25-21(26(27,28)29)14-15-22(30-25)32-37(35,36)24-13-6-12-23(33)31-24/h2-3,6,9,11-15H,4-5,7-8,10,16-17H2,1H3,(H,30,32)/i4D,10D,17D. The first-order valence-electron chi connectivity index (χ1n) is 13.2. The summed E-state index contributed by atoms with van der Waals surface area (Å²) in [4.78, 5) is 21.2. The van der Waals surface area contributed by atoms with Gasteiger partial charge in [-0.3, -0.25) is 4.72 Å². The first-order chi connectivity index (χ1) is 18.8. The lowest BCUT2D eigenvalue weighted by atomic mass is 9.96. The minimum Gasteiger partial charge on any atom is -0.357 e. The number of sulfonamides is 1. The van der Waals surface area contributed by atoms with Gasteiger partial charge in [0.1, 0.15) is 17.4 Å². The van der Waals surface area contributed by atoms with Crippen molar-refractivity contribution in [3.63, 3.8) is 0 Å². The minimum absolute atomic E-state index is 0.00839. The number of anilines is 2. The summed E-state index contributed by atoms with van der Waals surface area (Å²) in [5.74, 6) is -0.408. The largest absolute Gasteiger partial charge is 0.418 e. The molecule has 0 spiro atoms. The van der Waals surface area contributed by atoms with Gasteiger partial charge < -0.3 is 9.69 Å². The van der Waals surface area contributed by atoms with Crippen LogP contribution in [0.2, 0.25) is 0 Å². The van der Waals surface area contributed by atoms with Gasteiger partial charge in [-0.25, -0.2) is 9.97 Å². The van der Waals surface area contributed by atoms with Crippen LogP contribution < -0.4 is 9.62 Å². The predicted octanol–water partition coefficient (Wildman–Crippen LogP) is 5.48. The fourth-order valence-corrected chi connectivity index (χ4v) is 4.82. The van der Waals surface area contributed by atoms with E-state index < -0.39 is 51.8 Å². The smallest absolute Gasteiger partial charge is 0.357 e. The maximum Gasteiger partial charge on any atom is 0.418 e. The molecule has 0 amide bonds. The first kappa shape index (κ1) is 22.7. The Bertz CT molecular complexity index is 1510. The third-order valence-electron chi connectivity index (χ3n) is 5.61. The quantitative estimate of drug-likeness (QED) is 0.476. The lowest BCUT2D eigenvalue weighted by molar-refractivity contribution is -0.137. The highest BCUT2D eigenvalue weighted by atomic mass is 32.2. The number of Topliss-reactive ketones (excluding diaryl/α,β-unsaturated/α-hetero) is 1. The number of nitrogens with zero attached hydrogens (tertiary/aromatic N) is 3. The third-order valence-corrected chi connectivity index (χ3v) is 6.87. The number of rotatable bonds is 4. The molecular weight excluding hydrogens is 505 g/mol. The van der Waals surface area contributed by atoms with E-state index in [0.29, 0.717) is 0 Å². The van der Waals surface area contributed by atoms with E-state index in [0.717, 1.165) is 12.1 Å². The Labute approximate surface area is 218 Å². The molecule has 0 saturated carbocycles. The topological polar surface area (TPSA) is 92.3 Å². The van der Waals surface area contributed by atoms with Gasteiger partial charge in [0.05, 0.1) is 11.3 Å². The van der Waals surface area contributed by atoms with E-state index in [1.165, 1.54) is 48.2 Å². The van der Waals surface area contributed by atoms with E-state index in [9.17, 15) is 26.4 Å². The number of carbonyl (C=O) groups is 1. The molecular formula is C26H27F3N4O3S. The van der Waals surface area contributed by atoms with Crippen molar-refractivity contribution in [1.29, 1.82) is 0 Å². The van der Waals surface area contributed by atoms with Crippen LogP contribution in [0.5, 0.6) is 0 Å². The van der Waals surface area contributed by atoms with E-state index in [1.807, 2.05) is 0 Å². The second kappa shape index (κ2) is 10.9. The van der Waals surface area contributed by atoms with Crippen LogP contribution >= 0.6 is 0 Å². The van der Waals surface area contributed by atoms with Crippen LogP contribution in [0.1, 0.15) is 47.8 Å². The number of aromatic nitrogens is 2. The fraction of sp³-hybridized carbons (Fsp3) is 0.346. The molecule has 37 heavy (non-hydrogen) atoms. The molecule has 0 aliphatic carbocycles. The molecule has 0 radical (unpaired) electrons. The fourth-order valence-electron chi connectivity index (χ4n) is 3.86. The Morgan fingerprint density at radius 2 is 1.92 bits per heavy atom. The monoisotopic (exact) mass is 535 g/mol. The summed E-state index contributed by atoms with van der Waals surface area (Å²) < 4.78 is 96.7. The third kappa shape index (κ3) is 6.46. The molecule has 4 rings (SSSR count). The highest BCUT2D eigenvalue weighted by molar-refractivity contribution is 7.92. The zero-order valence-corrected chi connectivity index (χ0v) is 20.7. The molecule has 1 aromatic carbocycles. The number of ketones is 1. The highest BCUT2D eigenvalue weighted by Crippen LogP contribution is 2.38. The number of alkyl halides is 3. The van der Waals surface area contributed by atoms with Gasteiger partial charge in [0.2, 0.25) is 0 Å². The van der Waals surface area contributed by atoms with Crippen LogP contribution in [-0.2, 0) is 27.4 Å². The first-order valence-corrected chi connectivity index (χ1v) is 13.0. The van der Waals surface area contributed by atoms with Crippen molar-refractivity contribution in [1.82, 2.24) is 9.97 Å². The van der Waals surface area contributed by atoms with E-state index in [1.54, 1.807) is 6.07 Å². The lowest BCUT2D eigenvalue weighted by Gasteiger charge is -2.24. The van der Waals surface area contributed by atoms with Crippen molar-refractivity contribution in [3.05, 3.63) is 65.7 Å². The number of nitrogens with one attached hydrogen (secondary N) is 1. The van der Waals surface area contributed by atoms with Gasteiger partial charge in [0.25, 0.3) is 10.0 Å². The van der Waals surface area contributed by atoms with Gasteiger partial charge in [-0.2, -0.15) is 21.6 Å². The van der Waals surface area contributed by atoms with Crippen molar-refractivity contribution in [2.24, 2.45) is 0 Å². The second-order valence-electron chi connectivity index (χ2n) is 8.42. The number of hydrogen-bond acceptors (Lipinski definition) is 6. The molecule has 3 unspecified atom stereocenters. The average Bonchev–Trinajstić information content (AvgIpc) is 2.90. The number of hydrogen-bond donors (Lipinski definition) is 1. The zero-order chi connectivity index (χ0) is 29.2. The number of halogens is 3. The van der Waals surface area contributed by atoms with Crippen molar-refractivity contribution >= 4 is 27.4 Å². The summed E-state index contributed by atoms with van der Waals surface area (Å²) in [5, 5.41) is -0.451. The van der Waals surface area contributed by atoms with Crippen LogP contribution in [0.25, 0.3) is 11.3 Å². The van der Waals surface area contributed by atoms with Crippen LogP contribution in [0.15, 0.2) is 59.6 Å². The molecule has 4 bridgehead atoms. The van der Waals surface area contributed by atoms with Crippen LogP contribution in [0.3, 0.4) is 0 Å². The molecule has 1 N–H and O–H groups in total. The normalized spacial score (nSPS) is 21.6. The molecule has 0 fully saturated rings. The number of fused-ring (bicyclic) bond motifs is 6. The maximum atomic E-state index is 14.0. The van der Waals surface area contributed by atoms with Crippen molar-refractivity contribution in [2.45, 2.75) is 50.2 Å². The van der Waals surface area contributed by atoms with Gasteiger partial charge in [-0.05, 0) is 62.4 Å². The van der Waals surface area contributed by atoms with Crippen molar-refractivity contribution in [2.75, 3.05) is 22.7 Å². The van der Waals surface area contributed by atoms with Crippen molar-refractivity contribution < 1.29 is 30.5 Å². The zero-order valence-electron chi connectivity index (χ0n) is 22.9. The van der Waals surface area contributed by atoms with E-state index >= 15 is 0 Å². The summed E-state index contributed by atoms with van der Waals surface area (Å²) in [6.45, 7) is 0.402. The SMILES string of the molecule is [2H]C1CCN(C([2H])CCC(C)=O)c2cccc(n2)S(=O)(=O)Nc2ccc(C(F)(F)F)c(n2)-c2ccccc2C1[2H]. The van der Waals surface area contributed by atoms with Crippen LogP contribution in [-0.4, -0.2) is 37.2 Å². The minimum atomic E-state index is -4.83. The molecule has 3 aromatic rings. The predicted molar refractivity (Wildman–Crippen MR) is 135 cm³/mol. The number of pyridine rings is 2. The Kier molecular flexibility index (Phi) is 6.67. The summed E-state index contributed by atoms with van der Waals surface area (Å²) in [7, 11) is -4.42. The molecule has 7 nitrogen and oxygen atoms in total. The second-order valence-corrected chi connectivity index (χ2v) is 10.1. The molecule has 1 aliphatic heterocycles. The van der Waals surface area contributed by atoms with Crippen molar-refractivity contribution in [3.8, 4) is 11.3 Å². The van der Waals surface area contributed by atoms with Gasteiger partial charge >= 0.3 is 6.18 Å². The Balaban J connectivity index is 1.89. The van der Waals surface area contributed by atoms with Crippen LogP contribution in [0.4, 0.5) is 24.8 Å². The number of aryl methyl sites for hydroxylation is 1. The Hall–Kier alpha value is -3.47. The van der Waals surface area contributed by atoms with Gasteiger partial charge in [-0.1, -0.05) is 30.3 Å². The molecule has 196 valence electrons. The summed E-state index contributed by atoms with van der Waals surface area (Å²) in [5.41, 5.74) is -1.60. The van der Waals surface area contributed by atoms with E-state index in [-0.39, 0.29) is 54.4 Å². The number of benzene rings is 1. The highest BCUT2D eigenvalue weighted by Gasteiger charge is 2.35. The average molecular weight is 536 g/mol. The Morgan fingerprint density at radius 3 is 2.68 bits per heavy atom. The summed E-state index contributed by atoms with van der Waals surface area (Å²) in [6, 6.07) is 11.6. The Morgan fingerprint density at radius 1 is 1.14 bits per heavy atom. The molecule has 11 heteroatoms. The maximum absolute atomic E-state index is 14.0. The number of carbonyl (C=O) groups excluding carboxylic acids is 1.